The zero-order valence-electron chi connectivity index (χ0n) is 9.04. The molecule has 2 rings (SSSR count). The Morgan fingerprint density at radius 2 is 2.07 bits per heavy atom. The molecule has 3 nitrogen and oxygen atoms in total. The molecule has 1 N–H and O–H groups in total. The zero-order chi connectivity index (χ0) is 10.8. The molecule has 0 bridgehead atoms. The van der Waals surface area contributed by atoms with E-state index in [0.717, 1.165) is 11.5 Å². The van der Waals surface area contributed by atoms with Crippen molar-refractivity contribution in [3.8, 4) is 0 Å². The van der Waals surface area contributed by atoms with Crippen LogP contribution in [0.5, 0.6) is 0 Å². The van der Waals surface area contributed by atoms with Gasteiger partial charge in [-0.2, -0.15) is 0 Å². The number of imidazole rings is 1. The quantitative estimate of drug-likeness (QED) is 0.845. The summed E-state index contributed by atoms with van der Waals surface area (Å²) in [6.45, 7) is -0.0327. The minimum absolute atomic E-state index is 0.0327. The lowest BCUT2D eigenvalue weighted by molar-refractivity contribution is 0.271. The number of aromatic nitrogens is 2. The smallest absolute Gasteiger partial charge is 0.152 e. The van der Waals surface area contributed by atoms with Crippen molar-refractivity contribution in [2.45, 2.75) is 44.6 Å². The first-order valence-electron chi connectivity index (χ1n) is 5.56. The average Bonchev–Trinajstić information content (AvgIpc) is 2.55. The van der Waals surface area contributed by atoms with Crippen molar-refractivity contribution in [1.29, 1.82) is 0 Å². The van der Waals surface area contributed by atoms with Crippen LogP contribution in [0.1, 0.15) is 49.5 Å². The van der Waals surface area contributed by atoms with E-state index in [-0.39, 0.29) is 6.61 Å². The Balaban J connectivity index is 2.27. The Morgan fingerprint density at radius 3 is 2.60 bits per heavy atom. The summed E-state index contributed by atoms with van der Waals surface area (Å²) in [7, 11) is 1.94. The first-order valence-corrected chi connectivity index (χ1v) is 5.93. The second kappa shape index (κ2) is 4.54. The molecule has 0 saturated heterocycles. The summed E-state index contributed by atoms with van der Waals surface area (Å²) < 4.78 is 1.96. The van der Waals surface area contributed by atoms with E-state index in [1.165, 1.54) is 32.1 Å². The number of halogens is 1. The molecule has 1 aliphatic rings. The van der Waals surface area contributed by atoms with Crippen molar-refractivity contribution in [2.75, 3.05) is 0 Å². The monoisotopic (exact) mass is 228 g/mol. The van der Waals surface area contributed by atoms with Gasteiger partial charge < -0.3 is 9.67 Å². The molecule has 1 heterocycles. The standard InChI is InChI=1S/C11H17ClN2O/c1-14-9(7-15)10(12)13-11(14)8-5-3-2-4-6-8/h8,15H,2-7H2,1H3. The predicted molar refractivity (Wildman–Crippen MR) is 60.0 cm³/mol. The molecule has 1 saturated carbocycles. The van der Waals surface area contributed by atoms with Gasteiger partial charge in [-0.25, -0.2) is 4.98 Å². The van der Waals surface area contributed by atoms with Crippen LogP contribution in [0.4, 0.5) is 0 Å². The summed E-state index contributed by atoms with van der Waals surface area (Å²) >= 11 is 5.98. The average molecular weight is 229 g/mol. The highest BCUT2D eigenvalue weighted by atomic mass is 35.5. The molecular formula is C11H17ClN2O. The fourth-order valence-corrected chi connectivity index (χ4v) is 2.69. The van der Waals surface area contributed by atoms with Gasteiger partial charge in [0.1, 0.15) is 5.82 Å². The van der Waals surface area contributed by atoms with Crippen molar-refractivity contribution in [3.63, 3.8) is 0 Å². The first kappa shape index (κ1) is 11.0. The van der Waals surface area contributed by atoms with Gasteiger partial charge in [-0.15, -0.1) is 0 Å². The van der Waals surface area contributed by atoms with Crippen molar-refractivity contribution in [3.05, 3.63) is 16.7 Å². The lowest BCUT2D eigenvalue weighted by Crippen LogP contribution is -2.11. The van der Waals surface area contributed by atoms with Crippen molar-refractivity contribution < 1.29 is 5.11 Å². The second-order valence-corrected chi connectivity index (χ2v) is 4.62. The third-order valence-corrected chi connectivity index (χ3v) is 3.62. The molecule has 4 heteroatoms. The van der Waals surface area contributed by atoms with Gasteiger partial charge in [0.25, 0.3) is 0 Å². The number of aliphatic hydroxyl groups is 1. The molecule has 1 aliphatic carbocycles. The van der Waals surface area contributed by atoms with Crippen LogP contribution in [0.25, 0.3) is 0 Å². The molecular weight excluding hydrogens is 212 g/mol. The summed E-state index contributed by atoms with van der Waals surface area (Å²) in [5, 5.41) is 9.62. The van der Waals surface area contributed by atoms with Crippen LogP contribution >= 0.6 is 11.6 Å². The van der Waals surface area contributed by atoms with Gasteiger partial charge in [0, 0.05) is 13.0 Å². The van der Waals surface area contributed by atoms with E-state index in [9.17, 15) is 0 Å². The Kier molecular flexibility index (Phi) is 3.32. The molecule has 0 amide bonds. The van der Waals surface area contributed by atoms with Gasteiger partial charge in [0.15, 0.2) is 5.15 Å². The third kappa shape index (κ3) is 2.04. The van der Waals surface area contributed by atoms with E-state index in [0.29, 0.717) is 11.1 Å². The fraction of sp³-hybridized carbons (Fsp3) is 0.727. The second-order valence-electron chi connectivity index (χ2n) is 4.26. The molecule has 1 aromatic heterocycles. The van der Waals surface area contributed by atoms with Crippen LogP contribution in [-0.4, -0.2) is 14.7 Å². The Bertz CT molecular complexity index is 343. The van der Waals surface area contributed by atoms with E-state index >= 15 is 0 Å². The van der Waals surface area contributed by atoms with Crippen LogP contribution in [0, 0.1) is 0 Å². The highest BCUT2D eigenvalue weighted by molar-refractivity contribution is 6.30. The maximum atomic E-state index is 9.17. The minimum Gasteiger partial charge on any atom is -0.390 e. The zero-order valence-corrected chi connectivity index (χ0v) is 9.80. The fourth-order valence-electron chi connectivity index (χ4n) is 2.41. The number of rotatable bonds is 2. The van der Waals surface area contributed by atoms with Crippen LogP contribution in [0.15, 0.2) is 0 Å². The lowest BCUT2D eigenvalue weighted by atomic mass is 9.89. The van der Waals surface area contributed by atoms with Gasteiger partial charge in [-0.3, -0.25) is 0 Å². The van der Waals surface area contributed by atoms with Crippen molar-refractivity contribution >= 4 is 11.6 Å². The minimum atomic E-state index is -0.0327. The largest absolute Gasteiger partial charge is 0.390 e. The molecule has 15 heavy (non-hydrogen) atoms. The normalized spacial score (nSPS) is 18.3. The highest BCUT2D eigenvalue weighted by Gasteiger charge is 2.22. The molecule has 0 atom stereocenters. The van der Waals surface area contributed by atoms with E-state index in [1.54, 1.807) is 0 Å². The Hall–Kier alpha value is -0.540. The van der Waals surface area contributed by atoms with Gasteiger partial charge in [0.2, 0.25) is 0 Å². The van der Waals surface area contributed by atoms with Crippen molar-refractivity contribution in [2.24, 2.45) is 7.05 Å². The number of hydrogen-bond donors (Lipinski definition) is 1. The summed E-state index contributed by atoms with van der Waals surface area (Å²) in [5.41, 5.74) is 0.734. The van der Waals surface area contributed by atoms with Crippen LogP contribution in [-0.2, 0) is 13.7 Å². The molecule has 0 unspecified atom stereocenters. The van der Waals surface area contributed by atoms with Gasteiger partial charge in [0.05, 0.1) is 12.3 Å². The maximum absolute atomic E-state index is 9.17. The topological polar surface area (TPSA) is 38.0 Å². The first-order chi connectivity index (χ1) is 7.24. The Labute approximate surface area is 95.1 Å². The van der Waals surface area contributed by atoms with Crippen LogP contribution < -0.4 is 0 Å². The summed E-state index contributed by atoms with van der Waals surface area (Å²) in [6, 6.07) is 0. The summed E-state index contributed by atoms with van der Waals surface area (Å²) in [6.07, 6.45) is 6.30. The SMILES string of the molecule is Cn1c(C2CCCCC2)nc(Cl)c1CO. The maximum Gasteiger partial charge on any atom is 0.152 e. The van der Waals surface area contributed by atoms with Crippen LogP contribution in [0.3, 0.4) is 0 Å². The number of aliphatic hydroxyl groups excluding tert-OH is 1. The van der Waals surface area contributed by atoms with Gasteiger partial charge in [-0.05, 0) is 12.8 Å². The molecule has 84 valence electrons. The van der Waals surface area contributed by atoms with Gasteiger partial charge in [-0.1, -0.05) is 30.9 Å². The van der Waals surface area contributed by atoms with E-state index < -0.39 is 0 Å². The third-order valence-electron chi connectivity index (χ3n) is 3.32. The molecule has 0 radical (unpaired) electrons. The van der Waals surface area contributed by atoms with Crippen molar-refractivity contribution in [1.82, 2.24) is 9.55 Å². The van der Waals surface area contributed by atoms with Crippen LogP contribution in [0.2, 0.25) is 5.15 Å². The summed E-state index contributed by atoms with van der Waals surface area (Å²) in [5.74, 6) is 1.57. The molecule has 0 spiro atoms. The molecule has 0 aliphatic heterocycles. The number of nitrogens with zero attached hydrogens (tertiary/aromatic N) is 2. The molecule has 0 aromatic carbocycles. The van der Waals surface area contributed by atoms with E-state index in [1.807, 2.05) is 11.6 Å². The van der Waals surface area contributed by atoms with E-state index in [4.69, 9.17) is 16.7 Å². The van der Waals surface area contributed by atoms with Gasteiger partial charge >= 0.3 is 0 Å². The highest BCUT2D eigenvalue weighted by Crippen LogP contribution is 2.33. The number of hydrogen-bond acceptors (Lipinski definition) is 2. The van der Waals surface area contributed by atoms with E-state index in [2.05, 4.69) is 4.98 Å². The molecule has 1 fully saturated rings. The summed E-state index contributed by atoms with van der Waals surface area (Å²) in [4.78, 5) is 4.37. The lowest BCUT2D eigenvalue weighted by Gasteiger charge is -2.21. The molecule has 1 aromatic rings. The predicted octanol–water partition coefficient (Wildman–Crippen LogP) is 2.61. The Morgan fingerprint density at radius 1 is 1.40 bits per heavy atom.